The monoisotopic (exact) mass is 402 g/mol. The molecule has 3 rings (SSSR count). The van der Waals surface area contributed by atoms with Crippen LogP contribution in [0.4, 0.5) is 4.39 Å². The van der Waals surface area contributed by atoms with Gasteiger partial charge in [0, 0.05) is 0 Å². The SMILES string of the molecule is COC(=O)CSc1nnnn1-c1ccc(C(=O)OCc2ccc(F)cc2)cc1. The minimum atomic E-state index is -0.507. The lowest BCUT2D eigenvalue weighted by molar-refractivity contribution is -0.137. The average Bonchev–Trinajstić information content (AvgIpc) is 3.20. The molecule has 1 aromatic heterocycles. The minimum Gasteiger partial charge on any atom is -0.468 e. The number of rotatable bonds is 7. The van der Waals surface area contributed by atoms with Gasteiger partial charge in [-0.1, -0.05) is 23.9 Å². The molecule has 0 saturated carbocycles. The van der Waals surface area contributed by atoms with Crippen LogP contribution in [0.15, 0.2) is 53.7 Å². The van der Waals surface area contributed by atoms with Crippen LogP contribution in [-0.2, 0) is 20.9 Å². The first-order valence-electron chi connectivity index (χ1n) is 8.07. The topological polar surface area (TPSA) is 96.2 Å². The van der Waals surface area contributed by atoms with Crippen molar-refractivity contribution in [1.29, 1.82) is 0 Å². The molecule has 0 aliphatic heterocycles. The van der Waals surface area contributed by atoms with Gasteiger partial charge in [0.1, 0.15) is 12.4 Å². The molecule has 0 bridgehead atoms. The van der Waals surface area contributed by atoms with E-state index in [0.29, 0.717) is 22.0 Å². The molecule has 0 aliphatic carbocycles. The van der Waals surface area contributed by atoms with Crippen LogP contribution < -0.4 is 0 Å². The Labute approximate surface area is 163 Å². The van der Waals surface area contributed by atoms with Crippen molar-refractivity contribution in [2.75, 3.05) is 12.9 Å². The molecule has 0 radical (unpaired) electrons. The number of hydrogen-bond acceptors (Lipinski definition) is 8. The summed E-state index contributed by atoms with van der Waals surface area (Å²) in [6.07, 6.45) is 0. The fourth-order valence-corrected chi connectivity index (χ4v) is 2.89. The number of carbonyl (C=O) groups excluding carboxylic acids is 2. The van der Waals surface area contributed by atoms with Crippen molar-refractivity contribution >= 4 is 23.7 Å². The van der Waals surface area contributed by atoms with Crippen molar-refractivity contribution in [2.24, 2.45) is 0 Å². The molecule has 0 fully saturated rings. The summed E-state index contributed by atoms with van der Waals surface area (Å²) in [4.78, 5) is 23.4. The van der Waals surface area contributed by atoms with Gasteiger partial charge in [-0.3, -0.25) is 4.79 Å². The predicted molar refractivity (Wildman–Crippen MR) is 97.4 cm³/mol. The van der Waals surface area contributed by atoms with E-state index in [1.165, 1.54) is 23.9 Å². The molecule has 1 heterocycles. The highest BCUT2D eigenvalue weighted by Gasteiger charge is 2.13. The lowest BCUT2D eigenvalue weighted by atomic mass is 10.2. The number of benzene rings is 2. The van der Waals surface area contributed by atoms with Crippen LogP contribution in [-0.4, -0.2) is 45.0 Å². The molecule has 0 unspecified atom stereocenters. The number of halogens is 1. The molecule has 10 heteroatoms. The highest BCUT2D eigenvalue weighted by molar-refractivity contribution is 7.99. The maximum Gasteiger partial charge on any atom is 0.338 e. The molecular weight excluding hydrogens is 387 g/mol. The van der Waals surface area contributed by atoms with E-state index in [9.17, 15) is 14.0 Å². The van der Waals surface area contributed by atoms with Gasteiger partial charge in [-0.05, 0) is 52.4 Å². The minimum absolute atomic E-state index is 0.0438. The fourth-order valence-electron chi connectivity index (χ4n) is 2.16. The van der Waals surface area contributed by atoms with Gasteiger partial charge in [0.15, 0.2) is 0 Å². The average molecular weight is 402 g/mol. The number of thioether (sulfide) groups is 1. The van der Waals surface area contributed by atoms with E-state index < -0.39 is 11.9 Å². The summed E-state index contributed by atoms with van der Waals surface area (Å²) in [5.41, 5.74) is 1.66. The van der Waals surface area contributed by atoms with E-state index in [0.717, 1.165) is 11.8 Å². The van der Waals surface area contributed by atoms with Crippen LogP contribution in [0.3, 0.4) is 0 Å². The highest BCUT2D eigenvalue weighted by atomic mass is 32.2. The van der Waals surface area contributed by atoms with Gasteiger partial charge in [0.05, 0.1) is 24.1 Å². The fraction of sp³-hybridized carbons (Fsp3) is 0.167. The second kappa shape index (κ2) is 9.09. The standard InChI is InChI=1S/C18H15FN4O4S/c1-26-16(24)11-28-18-20-21-22-23(18)15-8-4-13(5-9-15)17(25)27-10-12-2-6-14(19)7-3-12/h2-9H,10-11H2,1H3. The molecule has 2 aromatic carbocycles. The zero-order valence-corrected chi connectivity index (χ0v) is 15.6. The summed E-state index contributed by atoms with van der Waals surface area (Å²) in [7, 11) is 1.31. The van der Waals surface area contributed by atoms with Gasteiger partial charge in [-0.15, -0.1) is 5.10 Å². The molecule has 3 aromatic rings. The molecule has 144 valence electrons. The van der Waals surface area contributed by atoms with E-state index in [4.69, 9.17) is 4.74 Å². The molecule has 0 amide bonds. The predicted octanol–water partition coefficient (Wildman–Crippen LogP) is 2.42. The third-order valence-electron chi connectivity index (χ3n) is 3.62. The van der Waals surface area contributed by atoms with Crippen molar-refractivity contribution in [3.05, 3.63) is 65.5 Å². The van der Waals surface area contributed by atoms with Crippen molar-refractivity contribution in [2.45, 2.75) is 11.8 Å². The Morgan fingerprint density at radius 3 is 2.50 bits per heavy atom. The number of aromatic nitrogens is 4. The molecule has 0 spiro atoms. The Morgan fingerprint density at radius 1 is 1.11 bits per heavy atom. The van der Waals surface area contributed by atoms with E-state index in [-0.39, 0.29) is 18.2 Å². The van der Waals surface area contributed by atoms with Crippen molar-refractivity contribution in [3.63, 3.8) is 0 Å². The smallest absolute Gasteiger partial charge is 0.338 e. The Morgan fingerprint density at radius 2 is 1.82 bits per heavy atom. The summed E-state index contributed by atoms with van der Waals surface area (Å²) in [5.74, 6) is -1.17. The van der Waals surface area contributed by atoms with Gasteiger partial charge in [-0.2, -0.15) is 4.68 Å². The number of ether oxygens (including phenoxy) is 2. The first kappa shape index (κ1) is 19.5. The lowest BCUT2D eigenvalue weighted by Gasteiger charge is -2.07. The molecule has 0 N–H and O–H groups in total. The Kier molecular flexibility index (Phi) is 6.33. The van der Waals surface area contributed by atoms with Crippen LogP contribution in [0.5, 0.6) is 0 Å². The van der Waals surface area contributed by atoms with Crippen molar-refractivity contribution in [1.82, 2.24) is 20.2 Å². The van der Waals surface area contributed by atoms with E-state index >= 15 is 0 Å². The quantitative estimate of drug-likeness (QED) is 0.439. The van der Waals surface area contributed by atoms with Crippen LogP contribution in [0.25, 0.3) is 5.69 Å². The third-order valence-corrected chi connectivity index (χ3v) is 4.51. The molecular formula is C18H15FN4O4S. The molecule has 0 aliphatic rings. The van der Waals surface area contributed by atoms with Crippen LogP contribution in [0.1, 0.15) is 15.9 Å². The molecule has 28 heavy (non-hydrogen) atoms. The lowest BCUT2D eigenvalue weighted by Crippen LogP contribution is -2.07. The van der Waals surface area contributed by atoms with Gasteiger partial charge >= 0.3 is 11.9 Å². The summed E-state index contributed by atoms with van der Waals surface area (Å²) in [5, 5.41) is 11.8. The second-order valence-corrected chi connectivity index (χ2v) is 6.43. The summed E-state index contributed by atoms with van der Waals surface area (Å²) < 4.78 is 24.1. The van der Waals surface area contributed by atoms with Gasteiger partial charge in [-0.25, -0.2) is 9.18 Å². The molecule has 8 nitrogen and oxygen atoms in total. The molecule has 0 saturated heterocycles. The van der Waals surface area contributed by atoms with E-state index in [2.05, 4.69) is 20.3 Å². The second-order valence-electron chi connectivity index (χ2n) is 5.49. The Balaban J connectivity index is 1.63. The largest absolute Gasteiger partial charge is 0.468 e. The van der Waals surface area contributed by atoms with Crippen LogP contribution >= 0.6 is 11.8 Å². The first-order valence-corrected chi connectivity index (χ1v) is 9.05. The maximum atomic E-state index is 12.9. The zero-order valence-electron chi connectivity index (χ0n) is 14.7. The van der Waals surface area contributed by atoms with E-state index in [1.54, 1.807) is 36.4 Å². The summed E-state index contributed by atoms with van der Waals surface area (Å²) in [6, 6.07) is 12.2. The first-order chi connectivity index (χ1) is 13.6. The maximum absolute atomic E-state index is 12.9. The number of nitrogens with zero attached hydrogens (tertiary/aromatic N) is 4. The van der Waals surface area contributed by atoms with Crippen molar-refractivity contribution < 1.29 is 23.5 Å². The Bertz CT molecular complexity index is 960. The number of carbonyl (C=O) groups is 2. The molecule has 0 atom stereocenters. The van der Waals surface area contributed by atoms with Gasteiger partial charge in [0.25, 0.3) is 0 Å². The Hall–Kier alpha value is -3.27. The van der Waals surface area contributed by atoms with E-state index in [1.807, 2.05) is 0 Å². The van der Waals surface area contributed by atoms with Gasteiger partial charge in [0.2, 0.25) is 5.16 Å². The summed E-state index contributed by atoms with van der Waals surface area (Å²) >= 11 is 1.13. The normalized spacial score (nSPS) is 10.5. The number of methoxy groups -OCH3 is 1. The highest BCUT2D eigenvalue weighted by Crippen LogP contribution is 2.19. The number of hydrogen-bond donors (Lipinski definition) is 0. The number of tetrazole rings is 1. The third kappa shape index (κ3) is 4.92. The van der Waals surface area contributed by atoms with Crippen LogP contribution in [0.2, 0.25) is 0 Å². The summed E-state index contributed by atoms with van der Waals surface area (Å²) in [6.45, 7) is 0.0438. The van der Waals surface area contributed by atoms with Gasteiger partial charge < -0.3 is 9.47 Å². The zero-order chi connectivity index (χ0) is 19.9. The number of esters is 2. The van der Waals surface area contributed by atoms with Crippen molar-refractivity contribution in [3.8, 4) is 5.69 Å². The van der Waals surface area contributed by atoms with Crippen LogP contribution in [0, 0.1) is 5.82 Å².